The number of rotatable bonds is 8. The monoisotopic (exact) mass is 441 g/mol. The summed E-state index contributed by atoms with van der Waals surface area (Å²) in [6.45, 7) is 4.06. The SMILES string of the molecule is C=CC(=O)NC1CCN(S(=O)(=O)c2cccc(NC(=O)CCc3ccccc3)c2)CC1. The number of sulfonamides is 1. The molecule has 2 amide bonds. The number of hydrogen-bond donors (Lipinski definition) is 2. The second kappa shape index (κ2) is 10.4. The quantitative estimate of drug-likeness (QED) is 0.616. The van der Waals surface area contributed by atoms with Crippen LogP contribution >= 0.6 is 0 Å². The Morgan fingerprint density at radius 1 is 1.06 bits per heavy atom. The Morgan fingerprint density at radius 2 is 1.77 bits per heavy atom. The standard InChI is InChI=1S/C23H27N3O4S/c1-2-22(27)24-19-13-15-26(16-14-19)31(29,30)21-10-6-9-20(17-21)25-23(28)12-11-18-7-4-3-5-8-18/h2-10,17,19H,1,11-16H2,(H,24,27)(H,25,28). The third-order valence-electron chi connectivity index (χ3n) is 5.22. The largest absolute Gasteiger partial charge is 0.350 e. The lowest BCUT2D eigenvalue weighted by Crippen LogP contribution is -2.46. The Kier molecular flexibility index (Phi) is 7.59. The Morgan fingerprint density at radius 3 is 2.45 bits per heavy atom. The van der Waals surface area contributed by atoms with Gasteiger partial charge in [-0.3, -0.25) is 9.59 Å². The summed E-state index contributed by atoms with van der Waals surface area (Å²) >= 11 is 0. The third-order valence-corrected chi connectivity index (χ3v) is 7.12. The van der Waals surface area contributed by atoms with Crippen molar-refractivity contribution in [3.05, 3.63) is 72.8 Å². The molecular weight excluding hydrogens is 414 g/mol. The van der Waals surface area contributed by atoms with E-state index in [-0.39, 0.29) is 22.8 Å². The molecule has 31 heavy (non-hydrogen) atoms. The first-order valence-corrected chi connectivity index (χ1v) is 11.7. The van der Waals surface area contributed by atoms with E-state index in [1.54, 1.807) is 12.1 Å². The summed E-state index contributed by atoms with van der Waals surface area (Å²) < 4.78 is 27.5. The first kappa shape index (κ1) is 22.7. The fourth-order valence-electron chi connectivity index (χ4n) is 3.51. The second-order valence-corrected chi connectivity index (χ2v) is 9.39. The Balaban J connectivity index is 1.59. The molecule has 0 aliphatic carbocycles. The van der Waals surface area contributed by atoms with Crippen molar-refractivity contribution in [1.82, 2.24) is 9.62 Å². The molecule has 8 heteroatoms. The molecule has 2 N–H and O–H groups in total. The van der Waals surface area contributed by atoms with Crippen LogP contribution in [0.4, 0.5) is 5.69 Å². The molecule has 0 radical (unpaired) electrons. The number of piperidine rings is 1. The highest BCUT2D eigenvalue weighted by molar-refractivity contribution is 7.89. The van der Waals surface area contributed by atoms with E-state index in [1.807, 2.05) is 30.3 Å². The lowest BCUT2D eigenvalue weighted by Gasteiger charge is -2.31. The van der Waals surface area contributed by atoms with E-state index in [0.29, 0.717) is 44.5 Å². The molecule has 1 fully saturated rings. The van der Waals surface area contributed by atoms with Crippen LogP contribution in [0.5, 0.6) is 0 Å². The van der Waals surface area contributed by atoms with Crippen LogP contribution in [0.3, 0.4) is 0 Å². The molecule has 0 spiro atoms. The zero-order valence-electron chi connectivity index (χ0n) is 17.3. The van der Waals surface area contributed by atoms with Crippen LogP contribution in [0.25, 0.3) is 0 Å². The summed E-state index contributed by atoms with van der Waals surface area (Å²) in [5.74, 6) is -0.422. The summed E-state index contributed by atoms with van der Waals surface area (Å²) in [4.78, 5) is 23.9. The minimum atomic E-state index is -3.68. The number of aryl methyl sites for hydroxylation is 1. The molecule has 0 aromatic heterocycles. The molecule has 1 aliphatic rings. The number of carbonyl (C=O) groups is 2. The van der Waals surface area contributed by atoms with Gasteiger partial charge in [0.25, 0.3) is 0 Å². The van der Waals surface area contributed by atoms with Gasteiger partial charge in [-0.25, -0.2) is 8.42 Å². The molecular formula is C23H27N3O4S. The highest BCUT2D eigenvalue weighted by Crippen LogP contribution is 2.23. The van der Waals surface area contributed by atoms with E-state index in [1.165, 1.54) is 22.5 Å². The average molecular weight is 442 g/mol. The highest BCUT2D eigenvalue weighted by Gasteiger charge is 2.30. The zero-order valence-corrected chi connectivity index (χ0v) is 18.1. The predicted molar refractivity (Wildman–Crippen MR) is 120 cm³/mol. The first-order chi connectivity index (χ1) is 14.9. The van der Waals surface area contributed by atoms with Crippen LogP contribution in [-0.2, 0) is 26.0 Å². The Hall–Kier alpha value is -2.97. The Bertz CT molecular complexity index is 1030. The minimum absolute atomic E-state index is 0.0628. The van der Waals surface area contributed by atoms with E-state index in [9.17, 15) is 18.0 Å². The van der Waals surface area contributed by atoms with Crippen molar-refractivity contribution in [1.29, 1.82) is 0 Å². The summed E-state index contributed by atoms with van der Waals surface area (Å²) in [6, 6.07) is 16.0. The summed E-state index contributed by atoms with van der Waals surface area (Å²) in [5.41, 5.74) is 1.52. The number of nitrogens with one attached hydrogen (secondary N) is 2. The van der Waals surface area contributed by atoms with Gasteiger partial charge in [0, 0.05) is 31.2 Å². The number of anilines is 1. The number of nitrogens with zero attached hydrogens (tertiary/aromatic N) is 1. The van der Waals surface area contributed by atoms with Crippen molar-refractivity contribution in [3.63, 3.8) is 0 Å². The van der Waals surface area contributed by atoms with Crippen LogP contribution in [0.2, 0.25) is 0 Å². The van der Waals surface area contributed by atoms with Crippen LogP contribution in [-0.4, -0.2) is 43.7 Å². The molecule has 1 saturated heterocycles. The van der Waals surface area contributed by atoms with Gasteiger partial charge in [0.05, 0.1) is 4.90 Å². The lowest BCUT2D eigenvalue weighted by atomic mass is 10.1. The topological polar surface area (TPSA) is 95.6 Å². The second-order valence-electron chi connectivity index (χ2n) is 7.45. The highest BCUT2D eigenvalue weighted by atomic mass is 32.2. The van der Waals surface area contributed by atoms with Crippen molar-refractivity contribution >= 4 is 27.5 Å². The van der Waals surface area contributed by atoms with Gasteiger partial charge in [-0.2, -0.15) is 4.31 Å². The lowest BCUT2D eigenvalue weighted by molar-refractivity contribution is -0.117. The number of benzene rings is 2. The van der Waals surface area contributed by atoms with Crippen molar-refractivity contribution < 1.29 is 18.0 Å². The molecule has 1 heterocycles. The van der Waals surface area contributed by atoms with Crippen molar-refractivity contribution in [3.8, 4) is 0 Å². The summed E-state index contributed by atoms with van der Waals surface area (Å²) in [6.07, 6.45) is 3.21. The van der Waals surface area contributed by atoms with Crippen molar-refractivity contribution in [2.24, 2.45) is 0 Å². The number of amides is 2. The minimum Gasteiger partial charge on any atom is -0.350 e. The fraction of sp³-hybridized carbons (Fsp3) is 0.304. The van der Waals surface area contributed by atoms with Crippen LogP contribution in [0.1, 0.15) is 24.8 Å². The maximum absolute atomic E-state index is 13.0. The maximum atomic E-state index is 13.0. The normalized spacial score (nSPS) is 15.2. The molecule has 1 aliphatic heterocycles. The molecule has 0 atom stereocenters. The van der Waals surface area contributed by atoms with Crippen LogP contribution in [0, 0.1) is 0 Å². The first-order valence-electron chi connectivity index (χ1n) is 10.3. The van der Waals surface area contributed by atoms with Crippen LogP contribution in [0.15, 0.2) is 72.1 Å². The van der Waals surface area contributed by atoms with Crippen molar-refractivity contribution in [2.45, 2.75) is 36.6 Å². The fourth-order valence-corrected chi connectivity index (χ4v) is 5.03. The molecule has 0 saturated carbocycles. The Labute approximate surface area is 183 Å². The zero-order chi connectivity index (χ0) is 22.3. The van der Waals surface area contributed by atoms with Gasteiger partial charge in [-0.15, -0.1) is 0 Å². The van der Waals surface area contributed by atoms with Gasteiger partial charge in [-0.1, -0.05) is 43.0 Å². The van der Waals surface area contributed by atoms with Gasteiger partial charge in [-0.05, 0) is 49.1 Å². The smallest absolute Gasteiger partial charge is 0.243 e. The molecule has 2 aromatic rings. The molecule has 0 unspecified atom stereocenters. The molecule has 2 aromatic carbocycles. The van der Waals surface area contributed by atoms with E-state index in [0.717, 1.165) is 5.56 Å². The van der Waals surface area contributed by atoms with E-state index < -0.39 is 10.0 Å². The van der Waals surface area contributed by atoms with Gasteiger partial charge >= 0.3 is 0 Å². The summed E-state index contributed by atoms with van der Waals surface area (Å²) in [7, 11) is -3.68. The van der Waals surface area contributed by atoms with Gasteiger partial charge in [0.1, 0.15) is 0 Å². The van der Waals surface area contributed by atoms with E-state index >= 15 is 0 Å². The maximum Gasteiger partial charge on any atom is 0.243 e. The van der Waals surface area contributed by atoms with Crippen molar-refractivity contribution in [2.75, 3.05) is 18.4 Å². The van der Waals surface area contributed by atoms with Crippen LogP contribution < -0.4 is 10.6 Å². The molecule has 3 rings (SSSR count). The molecule has 164 valence electrons. The third kappa shape index (κ3) is 6.26. The van der Waals surface area contributed by atoms with E-state index in [4.69, 9.17) is 0 Å². The summed E-state index contributed by atoms with van der Waals surface area (Å²) in [5, 5.41) is 5.59. The van der Waals surface area contributed by atoms with E-state index in [2.05, 4.69) is 17.2 Å². The van der Waals surface area contributed by atoms with Gasteiger partial charge in [0.15, 0.2) is 0 Å². The van der Waals surface area contributed by atoms with Gasteiger partial charge in [0.2, 0.25) is 21.8 Å². The predicted octanol–water partition coefficient (Wildman–Crippen LogP) is 2.71. The molecule has 7 nitrogen and oxygen atoms in total. The van der Waals surface area contributed by atoms with Gasteiger partial charge < -0.3 is 10.6 Å². The number of carbonyl (C=O) groups excluding carboxylic acids is 2. The average Bonchev–Trinajstić information content (AvgIpc) is 2.79. The number of hydrogen-bond acceptors (Lipinski definition) is 4. The molecule has 0 bridgehead atoms.